The van der Waals surface area contributed by atoms with Gasteiger partial charge in [-0.05, 0) is 42.8 Å². The number of aromatic nitrogens is 3. The second-order valence-electron chi connectivity index (χ2n) is 9.28. The van der Waals surface area contributed by atoms with E-state index in [0.717, 1.165) is 10.6 Å². The molecule has 0 spiro atoms. The summed E-state index contributed by atoms with van der Waals surface area (Å²) in [7, 11) is 1.59. The molecule has 0 atom stereocenters. The number of carbonyl (C=O) groups is 4. The topological polar surface area (TPSA) is 123 Å². The second-order valence-corrected chi connectivity index (χ2v) is 10.2. The molecule has 0 unspecified atom stereocenters. The molecule has 11 heteroatoms. The predicted molar refractivity (Wildman–Crippen MR) is 154 cm³/mol. The molecule has 0 aliphatic carbocycles. The average Bonchev–Trinajstić information content (AvgIpc) is 3.51. The van der Waals surface area contributed by atoms with Crippen molar-refractivity contribution in [1.82, 2.24) is 20.1 Å². The number of imide groups is 1. The van der Waals surface area contributed by atoms with Gasteiger partial charge in [-0.3, -0.25) is 23.7 Å². The molecule has 0 saturated heterocycles. The van der Waals surface area contributed by atoms with Crippen LogP contribution in [0.1, 0.15) is 50.2 Å². The van der Waals surface area contributed by atoms with E-state index in [4.69, 9.17) is 4.74 Å². The number of hydrogen-bond donors (Lipinski definition) is 1. The molecule has 4 aromatic rings. The lowest BCUT2D eigenvalue weighted by molar-refractivity contribution is -0.118. The number of nitrogens with zero attached hydrogens (tertiary/aromatic N) is 4. The minimum Gasteiger partial charge on any atom is -0.497 e. The van der Waals surface area contributed by atoms with Crippen molar-refractivity contribution in [3.63, 3.8) is 0 Å². The number of benzene rings is 3. The number of carbonyl (C=O) groups excluding carboxylic acids is 4. The lowest BCUT2D eigenvalue weighted by Gasteiger charge is -2.15. The Kier molecular flexibility index (Phi) is 8.25. The average molecular weight is 570 g/mol. The van der Waals surface area contributed by atoms with E-state index in [0.29, 0.717) is 58.5 Å². The van der Waals surface area contributed by atoms with Crippen molar-refractivity contribution in [2.45, 2.75) is 24.9 Å². The molecule has 1 aliphatic heterocycles. The van der Waals surface area contributed by atoms with E-state index in [1.54, 1.807) is 55.6 Å². The highest BCUT2D eigenvalue weighted by Gasteiger charge is 2.36. The van der Waals surface area contributed by atoms with Crippen LogP contribution in [-0.4, -0.2) is 57.7 Å². The van der Waals surface area contributed by atoms with Gasteiger partial charge in [-0.1, -0.05) is 42.1 Å². The fraction of sp³-hybridized carbons (Fsp3) is 0.200. The van der Waals surface area contributed by atoms with Crippen LogP contribution in [0.4, 0.5) is 5.69 Å². The van der Waals surface area contributed by atoms with Crippen LogP contribution in [-0.2, 0) is 11.2 Å². The van der Waals surface area contributed by atoms with Crippen molar-refractivity contribution < 1.29 is 23.9 Å². The largest absolute Gasteiger partial charge is 0.497 e. The van der Waals surface area contributed by atoms with Gasteiger partial charge in [0.05, 0.1) is 35.4 Å². The molecule has 0 bridgehead atoms. The molecule has 5 rings (SSSR count). The number of rotatable bonds is 11. The molecule has 3 aromatic carbocycles. The van der Waals surface area contributed by atoms with Gasteiger partial charge in [-0.25, -0.2) is 4.90 Å². The highest BCUT2D eigenvalue weighted by atomic mass is 32.2. The summed E-state index contributed by atoms with van der Waals surface area (Å²) in [5.74, 6) is 0.286. The van der Waals surface area contributed by atoms with E-state index >= 15 is 0 Å². The first-order valence-corrected chi connectivity index (χ1v) is 13.9. The van der Waals surface area contributed by atoms with Crippen molar-refractivity contribution in [3.05, 3.63) is 95.3 Å². The summed E-state index contributed by atoms with van der Waals surface area (Å²) in [6.07, 6.45) is 1.22. The Morgan fingerprint density at radius 3 is 2.32 bits per heavy atom. The number of fused-ring (bicyclic) bond motifs is 1. The Labute approximate surface area is 240 Å². The monoisotopic (exact) mass is 569 g/mol. The maximum atomic E-state index is 13.3. The second kappa shape index (κ2) is 12.2. The third kappa shape index (κ3) is 5.90. The van der Waals surface area contributed by atoms with Gasteiger partial charge in [0.25, 0.3) is 11.8 Å². The minimum atomic E-state index is -0.415. The summed E-state index contributed by atoms with van der Waals surface area (Å²) in [6, 6.07) is 20.6. The van der Waals surface area contributed by atoms with Crippen LogP contribution in [0, 0.1) is 0 Å². The molecule has 41 heavy (non-hydrogen) atoms. The normalized spacial score (nSPS) is 12.4. The maximum absolute atomic E-state index is 13.3. The highest BCUT2D eigenvalue weighted by molar-refractivity contribution is 7.99. The number of amides is 3. The van der Waals surface area contributed by atoms with Crippen molar-refractivity contribution in [2.75, 3.05) is 24.3 Å². The summed E-state index contributed by atoms with van der Waals surface area (Å²) in [5.41, 5.74) is 2.18. The fourth-order valence-corrected chi connectivity index (χ4v) is 5.40. The number of methoxy groups -OCH3 is 1. The Bertz CT molecular complexity index is 1610. The minimum absolute atomic E-state index is 0.0551. The number of ketones is 1. The molecule has 10 nitrogen and oxygen atoms in total. The lowest BCUT2D eigenvalue weighted by Crippen LogP contribution is -2.29. The molecule has 0 fully saturated rings. The van der Waals surface area contributed by atoms with Crippen LogP contribution < -0.4 is 15.0 Å². The third-order valence-electron chi connectivity index (χ3n) is 6.52. The quantitative estimate of drug-likeness (QED) is 0.124. The van der Waals surface area contributed by atoms with Gasteiger partial charge in [0.15, 0.2) is 10.9 Å². The van der Waals surface area contributed by atoms with E-state index in [2.05, 4.69) is 15.5 Å². The Balaban J connectivity index is 1.34. The van der Waals surface area contributed by atoms with E-state index in [9.17, 15) is 19.2 Å². The van der Waals surface area contributed by atoms with Gasteiger partial charge in [0, 0.05) is 31.5 Å². The van der Waals surface area contributed by atoms with E-state index in [-0.39, 0.29) is 17.4 Å². The first-order chi connectivity index (χ1) is 19.9. The number of aryl methyl sites for hydroxylation is 1. The van der Waals surface area contributed by atoms with Gasteiger partial charge in [-0.2, -0.15) is 0 Å². The Morgan fingerprint density at radius 1 is 0.902 bits per heavy atom. The van der Waals surface area contributed by atoms with E-state index in [1.807, 2.05) is 28.8 Å². The molecule has 1 aromatic heterocycles. The van der Waals surface area contributed by atoms with Gasteiger partial charge >= 0.3 is 0 Å². The van der Waals surface area contributed by atoms with Crippen LogP contribution >= 0.6 is 11.8 Å². The molecule has 1 aliphatic rings. The molecule has 3 amide bonds. The molecule has 1 N–H and O–H groups in total. The number of anilines is 1. The van der Waals surface area contributed by atoms with Gasteiger partial charge in [0.1, 0.15) is 11.6 Å². The van der Waals surface area contributed by atoms with E-state index < -0.39 is 11.8 Å². The van der Waals surface area contributed by atoms with Crippen molar-refractivity contribution in [3.8, 4) is 11.4 Å². The number of ether oxygens (including phenoxy) is 1. The SMILES string of the molecule is COc1cccc(-n2c(CCCNC(C)=O)nnc2SCC(=O)c2cccc(N3C(=O)c4ccccc4C3=O)c2)c1. The van der Waals surface area contributed by atoms with E-state index in [1.165, 1.54) is 18.7 Å². The summed E-state index contributed by atoms with van der Waals surface area (Å²) >= 11 is 1.23. The number of nitrogens with one attached hydrogen (secondary N) is 1. The summed E-state index contributed by atoms with van der Waals surface area (Å²) in [6.45, 7) is 1.98. The summed E-state index contributed by atoms with van der Waals surface area (Å²) in [4.78, 5) is 51.4. The van der Waals surface area contributed by atoms with Gasteiger partial charge in [-0.15, -0.1) is 10.2 Å². The zero-order chi connectivity index (χ0) is 28.9. The Hall–Kier alpha value is -4.77. The van der Waals surface area contributed by atoms with Crippen LogP contribution in [0.25, 0.3) is 5.69 Å². The maximum Gasteiger partial charge on any atom is 0.266 e. The Morgan fingerprint density at radius 2 is 1.61 bits per heavy atom. The van der Waals surface area contributed by atoms with Gasteiger partial charge < -0.3 is 10.1 Å². The van der Waals surface area contributed by atoms with Crippen LogP contribution in [0.3, 0.4) is 0 Å². The molecular weight excluding hydrogens is 542 g/mol. The van der Waals surface area contributed by atoms with Crippen LogP contribution in [0.5, 0.6) is 5.75 Å². The molecule has 2 heterocycles. The standard InChI is InChI=1S/C30H27N5O5S/c1-19(36)31-15-7-14-27-32-33-30(34(27)22-10-6-11-23(17-22)40-2)41-18-26(37)20-8-5-9-21(16-20)35-28(38)24-12-3-4-13-25(24)29(35)39/h3-6,8-13,16-17H,7,14-15,18H2,1-2H3,(H,31,36). The molecule has 0 saturated carbocycles. The first-order valence-electron chi connectivity index (χ1n) is 12.9. The van der Waals surface area contributed by atoms with Crippen LogP contribution in [0.2, 0.25) is 0 Å². The number of thioether (sulfide) groups is 1. The van der Waals surface area contributed by atoms with Crippen molar-refractivity contribution in [1.29, 1.82) is 0 Å². The van der Waals surface area contributed by atoms with Crippen molar-refractivity contribution in [2.24, 2.45) is 0 Å². The van der Waals surface area contributed by atoms with Crippen LogP contribution in [0.15, 0.2) is 78.0 Å². The predicted octanol–water partition coefficient (Wildman–Crippen LogP) is 4.12. The number of hydrogen-bond acceptors (Lipinski definition) is 8. The molecular formula is C30H27N5O5S. The highest BCUT2D eigenvalue weighted by Crippen LogP contribution is 2.30. The fourth-order valence-electron chi connectivity index (χ4n) is 4.53. The first kappa shape index (κ1) is 27.8. The smallest absolute Gasteiger partial charge is 0.266 e. The lowest BCUT2D eigenvalue weighted by atomic mass is 10.1. The zero-order valence-electron chi connectivity index (χ0n) is 22.5. The zero-order valence-corrected chi connectivity index (χ0v) is 23.3. The summed E-state index contributed by atoms with van der Waals surface area (Å²) in [5, 5.41) is 12.0. The third-order valence-corrected chi connectivity index (χ3v) is 7.44. The van der Waals surface area contributed by atoms with Crippen molar-refractivity contribution >= 4 is 41.0 Å². The summed E-state index contributed by atoms with van der Waals surface area (Å²) < 4.78 is 7.27. The number of Topliss-reactive ketones (excluding diaryl/α,β-unsaturated/α-hetero) is 1. The molecule has 0 radical (unpaired) electrons. The molecule has 208 valence electrons. The van der Waals surface area contributed by atoms with Gasteiger partial charge in [0.2, 0.25) is 5.91 Å².